The Morgan fingerprint density at radius 1 is 1.00 bits per heavy atom. The lowest BCUT2D eigenvalue weighted by atomic mass is 10.0. The van der Waals surface area contributed by atoms with E-state index in [0.29, 0.717) is 22.8 Å². The minimum atomic E-state index is -4.43. The number of carbonyl (C=O) groups is 1. The Morgan fingerprint density at radius 2 is 1.68 bits per heavy atom. The van der Waals surface area contributed by atoms with E-state index in [2.05, 4.69) is 44.6 Å². The quantitative estimate of drug-likeness (QED) is 0.313. The summed E-state index contributed by atoms with van der Waals surface area (Å²) in [6, 6.07) is 14.1. The molecule has 2 aromatic heterocycles. The number of nitrogens with one attached hydrogen (secondary N) is 3. The van der Waals surface area contributed by atoms with Gasteiger partial charge in [0.25, 0.3) is 0 Å². The van der Waals surface area contributed by atoms with E-state index in [1.54, 1.807) is 12.4 Å². The highest BCUT2D eigenvalue weighted by Crippen LogP contribution is 2.31. The predicted molar refractivity (Wildman–Crippen MR) is 128 cm³/mol. The number of rotatable bonds is 5. The number of anilines is 2. The van der Waals surface area contributed by atoms with Crippen LogP contribution in [0.15, 0.2) is 67.0 Å². The van der Waals surface area contributed by atoms with Crippen molar-refractivity contribution in [2.75, 3.05) is 24.7 Å². The number of hydrogen-bond acceptors (Lipinski definition) is 3. The highest BCUT2D eigenvalue weighted by molar-refractivity contribution is 6.05. The number of H-pyrrole nitrogens is 1. The first-order valence-corrected chi connectivity index (χ1v) is 10.6. The van der Waals surface area contributed by atoms with Crippen molar-refractivity contribution in [1.82, 2.24) is 14.9 Å². The standard InChI is InChI=1S/C25H24F3N5O/c1-15(33(2)3)16-4-6-17(7-5-16)18-12-21-22(14-30-23(21)29-13-18)32-24(34)31-20-10-8-19(9-11-20)25(26,27)28/h4-15H,1-3H3,(H,29,30)(H2,31,32,34). The summed E-state index contributed by atoms with van der Waals surface area (Å²) in [4.78, 5) is 22.0. The van der Waals surface area contributed by atoms with E-state index in [-0.39, 0.29) is 5.69 Å². The van der Waals surface area contributed by atoms with Gasteiger partial charge in [-0.25, -0.2) is 9.78 Å². The smallest absolute Gasteiger partial charge is 0.344 e. The van der Waals surface area contributed by atoms with Crippen LogP contribution in [0.3, 0.4) is 0 Å². The van der Waals surface area contributed by atoms with Crippen molar-refractivity contribution in [2.24, 2.45) is 0 Å². The Hall–Kier alpha value is -3.85. The van der Waals surface area contributed by atoms with Gasteiger partial charge in [-0.15, -0.1) is 0 Å². The summed E-state index contributed by atoms with van der Waals surface area (Å²) in [5.74, 6) is 0. The van der Waals surface area contributed by atoms with Crippen molar-refractivity contribution < 1.29 is 18.0 Å². The maximum absolute atomic E-state index is 12.7. The minimum Gasteiger partial charge on any atom is -0.344 e. The first kappa shape index (κ1) is 23.3. The van der Waals surface area contributed by atoms with Crippen molar-refractivity contribution in [3.05, 3.63) is 78.1 Å². The average Bonchev–Trinajstić information content (AvgIpc) is 3.20. The van der Waals surface area contributed by atoms with E-state index >= 15 is 0 Å². The topological polar surface area (TPSA) is 73.0 Å². The van der Waals surface area contributed by atoms with Gasteiger partial charge in [0.2, 0.25) is 0 Å². The molecule has 9 heteroatoms. The first-order valence-electron chi connectivity index (χ1n) is 10.6. The second-order valence-corrected chi connectivity index (χ2v) is 8.24. The highest BCUT2D eigenvalue weighted by atomic mass is 19.4. The fraction of sp³-hybridized carbons (Fsp3) is 0.200. The van der Waals surface area contributed by atoms with Gasteiger partial charge < -0.3 is 20.5 Å². The van der Waals surface area contributed by atoms with Gasteiger partial charge in [-0.05, 0) is 62.5 Å². The maximum Gasteiger partial charge on any atom is 0.416 e. The highest BCUT2D eigenvalue weighted by Gasteiger charge is 2.30. The van der Waals surface area contributed by atoms with Crippen molar-refractivity contribution in [1.29, 1.82) is 0 Å². The molecule has 176 valence electrons. The number of nitrogens with zero attached hydrogens (tertiary/aromatic N) is 2. The third-order valence-electron chi connectivity index (χ3n) is 5.75. The molecule has 0 aliphatic rings. The Morgan fingerprint density at radius 3 is 2.29 bits per heavy atom. The molecule has 0 aliphatic carbocycles. The largest absolute Gasteiger partial charge is 0.416 e. The molecule has 4 aromatic rings. The van der Waals surface area contributed by atoms with Crippen molar-refractivity contribution in [3.63, 3.8) is 0 Å². The number of fused-ring (bicyclic) bond motifs is 1. The van der Waals surface area contributed by atoms with E-state index in [9.17, 15) is 18.0 Å². The van der Waals surface area contributed by atoms with Crippen LogP contribution in [-0.4, -0.2) is 35.0 Å². The number of amides is 2. The van der Waals surface area contributed by atoms with E-state index in [1.807, 2.05) is 32.3 Å². The minimum absolute atomic E-state index is 0.246. The number of benzene rings is 2. The molecule has 34 heavy (non-hydrogen) atoms. The summed E-state index contributed by atoms with van der Waals surface area (Å²) in [6.45, 7) is 2.14. The molecular formula is C25H24F3N5O. The van der Waals surface area contributed by atoms with Gasteiger partial charge in [0.05, 0.1) is 11.3 Å². The third-order valence-corrected chi connectivity index (χ3v) is 5.75. The molecule has 0 fully saturated rings. The van der Waals surface area contributed by atoms with Gasteiger partial charge in [-0.2, -0.15) is 13.2 Å². The molecule has 1 unspecified atom stereocenters. The van der Waals surface area contributed by atoms with E-state index in [1.165, 1.54) is 17.7 Å². The number of aromatic nitrogens is 2. The molecule has 0 saturated carbocycles. The first-order chi connectivity index (χ1) is 16.1. The lowest BCUT2D eigenvalue weighted by Gasteiger charge is -2.20. The Labute approximate surface area is 194 Å². The van der Waals surface area contributed by atoms with Crippen LogP contribution in [0, 0.1) is 0 Å². The Balaban J connectivity index is 1.51. The van der Waals surface area contributed by atoms with Crippen molar-refractivity contribution in [3.8, 4) is 11.1 Å². The van der Waals surface area contributed by atoms with E-state index < -0.39 is 17.8 Å². The average molecular weight is 467 g/mol. The summed E-state index contributed by atoms with van der Waals surface area (Å²) in [5, 5.41) is 5.98. The van der Waals surface area contributed by atoms with Crippen LogP contribution >= 0.6 is 0 Å². The number of halogens is 3. The monoisotopic (exact) mass is 467 g/mol. The predicted octanol–water partition coefficient (Wildman–Crippen LogP) is 6.52. The van der Waals surface area contributed by atoms with Crippen molar-refractivity contribution >= 4 is 28.4 Å². The molecule has 0 aliphatic heterocycles. The molecule has 3 N–H and O–H groups in total. The molecule has 0 radical (unpaired) electrons. The number of carbonyl (C=O) groups excluding carboxylic acids is 1. The van der Waals surface area contributed by atoms with Crippen LogP contribution in [-0.2, 0) is 6.18 Å². The lowest BCUT2D eigenvalue weighted by Crippen LogP contribution is -2.19. The number of hydrogen-bond donors (Lipinski definition) is 3. The second-order valence-electron chi connectivity index (χ2n) is 8.24. The normalized spacial score (nSPS) is 12.7. The summed E-state index contributed by atoms with van der Waals surface area (Å²) in [5.41, 5.74) is 3.66. The SMILES string of the molecule is CC(c1ccc(-c2cnc3[nH]cc(NC(=O)Nc4ccc(C(F)(F)F)cc4)c3c2)cc1)N(C)C. The van der Waals surface area contributed by atoms with Gasteiger partial charge in [0, 0.05) is 35.1 Å². The van der Waals surface area contributed by atoms with E-state index in [0.717, 1.165) is 23.3 Å². The number of aromatic amines is 1. The van der Waals surface area contributed by atoms with Gasteiger partial charge >= 0.3 is 12.2 Å². The molecule has 4 rings (SSSR count). The Kier molecular flexibility index (Phi) is 6.30. The van der Waals surface area contributed by atoms with Crippen LogP contribution in [0.1, 0.15) is 24.1 Å². The fourth-order valence-corrected chi connectivity index (χ4v) is 3.54. The van der Waals surface area contributed by atoms with Crippen LogP contribution in [0.25, 0.3) is 22.2 Å². The molecule has 0 saturated heterocycles. The fourth-order valence-electron chi connectivity index (χ4n) is 3.54. The van der Waals surface area contributed by atoms with Crippen molar-refractivity contribution in [2.45, 2.75) is 19.1 Å². The zero-order valence-electron chi connectivity index (χ0n) is 18.9. The summed E-state index contributed by atoms with van der Waals surface area (Å²) >= 11 is 0. The van der Waals surface area contributed by atoms with Crippen LogP contribution < -0.4 is 10.6 Å². The number of urea groups is 1. The maximum atomic E-state index is 12.7. The molecule has 6 nitrogen and oxygen atoms in total. The van der Waals surface area contributed by atoms with Crippen LogP contribution in [0.4, 0.5) is 29.3 Å². The zero-order valence-corrected chi connectivity index (χ0v) is 18.9. The van der Waals surface area contributed by atoms with E-state index in [4.69, 9.17) is 0 Å². The molecule has 0 bridgehead atoms. The zero-order chi connectivity index (χ0) is 24.5. The van der Waals surface area contributed by atoms with Crippen LogP contribution in [0.2, 0.25) is 0 Å². The Bertz CT molecular complexity index is 1300. The number of alkyl halides is 3. The molecule has 2 amide bonds. The molecular weight excluding hydrogens is 443 g/mol. The molecule has 2 heterocycles. The van der Waals surface area contributed by atoms with Gasteiger partial charge in [-0.3, -0.25) is 0 Å². The third kappa shape index (κ3) is 5.04. The molecule has 0 spiro atoms. The number of pyridine rings is 1. The van der Waals surface area contributed by atoms with Gasteiger partial charge in [0.15, 0.2) is 0 Å². The van der Waals surface area contributed by atoms with Gasteiger partial charge in [-0.1, -0.05) is 24.3 Å². The summed E-state index contributed by atoms with van der Waals surface area (Å²) in [7, 11) is 4.06. The van der Waals surface area contributed by atoms with Crippen LogP contribution in [0.5, 0.6) is 0 Å². The lowest BCUT2D eigenvalue weighted by molar-refractivity contribution is -0.137. The second kappa shape index (κ2) is 9.18. The summed E-state index contributed by atoms with van der Waals surface area (Å²) < 4.78 is 38.1. The molecule has 2 aromatic carbocycles. The summed E-state index contributed by atoms with van der Waals surface area (Å²) in [6.07, 6.45) is -1.05. The van der Waals surface area contributed by atoms with Gasteiger partial charge in [0.1, 0.15) is 5.65 Å². The molecule has 1 atom stereocenters.